The molecule has 194 valence electrons. The molecule has 3 aromatic rings. The summed E-state index contributed by atoms with van der Waals surface area (Å²) in [6.45, 7) is 1.97. The maximum atomic E-state index is 14.7. The molecule has 4 N–H and O–H groups in total. The lowest BCUT2D eigenvalue weighted by atomic mass is 9.92. The van der Waals surface area contributed by atoms with E-state index < -0.39 is 34.6 Å². The molecule has 2 aliphatic rings. The zero-order valence-corrected chi connectivity index (χ0v) is 22.0. The minimum Gasteiger partial charge on any atom is -0.385 e. The van der Waals surface area contributed by atoms with Crippen LogP contribution in [-0.2, 0) is 0 Å². The fraction of sp³-hybridized carbons (Fsp3) is 0.296. The molecule has 1 amide bonds. The Morgan fingerprint density at radius 1 is 1.11 bits per heavy atom. The normalized spacial score (nSPS) is 17.6. The van der Waals surface area contributed by atoms with E-state index in [-0.39, 0.29) is 24.3 Å². The predicted molar refractivity (Wildman–Crippen MR) is 145 cm³/mol. The highest BCUT2D eigenvalue weighted by atomic mass is 127. The Labute approximate surface area is 226 Å². The summed E-state index contributed by atoms with van der Waals surface area (Å²) < 4.78 is 43.6. The molecule has 1 saturated heterocycles. The predicted octanol–water partition coefficient (Wildman–Crippen LogP) is 4.83. The smallest absolute Gasteiger partial charge is 0.256 e. The average molecular weight is 622 g/mol. The van der Waals surface area contributed by atoms with Crippen LogP contribution in [0.3, 0.4) is 0 Å². The second-order valence-corrected chi connectivity index (χ2v) is 10.8. The van der Waals surface area contributed by atoms with E-state index >= 15 is 0 Å². The number of para-hydroxylation sites is 1. The van der Waals surface area contributed by atoms with Gasteiger partial charge in [-0.15, -0.1) is 0 Å². The number of nitrogens with one attached hydrogen (secondary N) is 3. The van der Waals surface area contributed by atoms with E-state index in [4.69, 9.17) is 0 Å². The van der Waals surface area contributed by atoms with Gasteiger partial charge in [-0.1, -0.05) is 18.2 Å². The Kier molecular flexibility index (Phi) is 7.32. The van der Waals surface area contributed by atoms with Gasteiger partial charge in [0.05, 0.1) is 30.0 Å². The molecule has 0 spiro atoms. The molecule has 5 rings (SSSR count). The van der Waals surface area contributed by atoms with Crippen LogP contribution in [-0.4, -0.2) is 54.2 Å². The quantitative estimate of drug-likeness (QED) is 0.214. The summed E-state index contributed by atoms with van der Waals surface area (Å²) in [5.41, 5.74) is 0.682. The van der Waals surface area contributed by atoms with Crippen molar-refractivity contribution in [1.29, 1.82) is 0 Å². The molecule has 0 saturated carbocycles. The number of benzene rings is 3. The zero-order valence-electron chi connectivity index (χ0n) is 19.8. The van der Waals surface area contributed by atoms with Crippen molar-refractivity contribution in [2.24, 2.45) is 0 Å². The first-order valence-electron chi connectivity index (χ1n) is 12.0. The number of hydrogen-bond donors (Lipinski definition) is 4. The minimum absolute atomic E-state index is 0.0446. The van der Waals surface area contributed by atoms with Crippen LogP contribution in [0.5, 0.6) is 0 Å². The van der Waals surface area contributed by atoms with Gasteiger partial charge < -0.3 is 26.0 Å². The van der Waals surface area contributed by atoms with E-state index in [2.05, 4.69) is 28.1 Å². The van der Waals surface area contributed by atoms with E-state index in [1.165, 1.54) is 22.6 Å². The number of halogens is 4. The lowest BCUT2D eigenvalue weighted by Gasteiger charge is -2.46. The van der Waals surface area contributed by atoms with Crippen LogP contribution in [0.1, 0.15) is 28.3 Å². The topological polar surface area (TPSA) is 76.6 Å². The number of nitrogens with zero attached hydrogens (tertiary/aromatic N) is 1. The summed E-state index contributed by atoms with van der Waals surface area (Å²) in [6, 6.07) is 14.5. The Hall–Kier alpha value is -2.83. The van der Waals surface area contributed by atoms with Crippen molar-refractivity contribution in [1.82, 2.24) is 10.2 Å². The molecule has 2 heterocycles. The van der Waals surface area contributed by atoms with Crippen LogP contribution in [0.2, 0.25) is 0 Å². The standard InChI is InChI=1S/C27H26F3IN4O2/c28-20-7-6-19(25(24(20)30)34-23-8-5-17(31)11-21(23)29)26(36)35-14-27(37,15-35)13-32-10-9-16-12-33-22-4-2-1-3-18(16)22/h1-8,11,16,32-34,37H,9-10,12-15H2. The largest absolute Gasteiger partial charge is 0.385 e. The number of likely N-dealkylation sites (tertiary alicyclic amines) is 1. The molecule has 10 heteroatoms. The molecule has 0 radical (unpaired) electrons. The summed E-state index contributed by atoms with van der Waals surface area (Å²) >= 11 is 1.93. The average Bonchev–Trinajstić information content (AvgIpc) is 3.27. The van der Waals surface area contributed by atoms with Gasteiger partial charge in [-0.3, -0.25) is 4.79 Å². The fourth-order valence-electron chi connectivity index (χ4n) is 4.88. The monoisotopic (exact) mass is 622 g/mol. The number of carbonyl (C=O) groups is 1. The first kappa shape index (κ1) is 25.8. The number of carbonyl (C=O) groups excluding carboxylic acids is 1. The van der Waals surface area contributed by atoms with E-state index in [1.54, 1.807) is 6.07 Å². The third-order valence-electron chi connectivity index (χ3n) is 6.84. The van der Waals surface area contributed by atoms with Crippen LogP contribution < -0.4 is 16.0 Å². The Morgan fingerprint density at radius 2 is 1.89 bits per heavy atom. The van der Waals surface area contributed by atoms with Crippen molar-refractivity contribution in [2.45, 2.75) is 17.9 Å². The lowest BCUT2D eigenvalue weighted by molar-refractivity contribution is -0.0784. The van der Waals surface area contributed by atoms with Crippen LogP contribution in [0.15, 0.2) is 54.6 Å². The van der Waals surface area contributed by atoms with E-state index in [0.717, 1.165) is 30.8 Å². The van der Waals surface area contributed by atoms with Crippen LogP contribution >= 0.6 is 22.6 Å². The van der Waals surface area contributed by atoms with Gasteiger partial charge >= 0.3 is 0 Å². The van der Waals surface area contributed by atoms with Crippen molar-refractivity contribution < 1.29 is 23.1 Å². The molecule has 0 aromatic heterocycles. The van der Waals surface area contributed by atoms with Crippen LogP contribution in [0.25, 0.3) is 0 Å². The Balaban J connectivity index is 1.18. The van der Waals surface area contributed by atoms with Gasteiger partial charge in [0.25, 0.3) is 5.91 Å². The lowest BCUT2D eigenvalue weighted by Crippen LogP contribution is -2.67. The molecule has 37 heavy (non-hydrogen) atoms. The van der Waals surface area contributed by atoms with Gasteiger partial charge in [0.1, 0.15) is 11.4 Å². The maximum absolute atomic E-state index is 14.7. The molecular weight excluding hydrogens is 596 g/mol. The van der Waals surface area contributed by atoms with Crippen molar-refractivity contribution in [2.75, 3.05) is 43.4 Å². The summed E-state index contributed by atoms with van der Waals surface area (Å²) in [6.07, 6.45) is 0.904. The number of hydrogen-bond acceptors (Lipinski definition) is 5. The molecule has 0 aliphatic carbocycles. The van der Waals surface area contributed by atoms with Gasteiger partial charge in [-0.25, -0.2) is 13.2 Å². The molecule has 2 aliphatic heterocycles. The van der Waals surface area contributed by atoms with Gasteiger partial charge in [0.15, 0.2) is 11.6 Å². The summed E-state index contributed by atoms with van der Waals surface area (Å²) in [4.78, 5) is 14.5. The van der Waals surface area contributed by atoms with Gasteiger partial charge in [0, 0.05) is 28.3 Å². The highest BCUT2D eigenvalue weighted by molar-refractivity contribution is 14.1. The second kappa shape index (κ2) is 10.5. The van der Waals surface area contributed by atoms with Crippen molar-refractivity contribution in [3.05, 3.63) is 86.7 Å². The first-order chi connectivity index (χ1) is 17.7. The van der Waals surface area contributed by atoms with Gasteiger partial charge in [-0.2, -0.15) is 0 Å². The highest BCUT2D eigenvalue weighted by Crippen LogP contribution is 2.34. The minimum atomic E-state index is -1.27. The third-order valence-corrected chi connectivity index (χ3v) is 7.51. The fourth-order valence-corrected chi connectivity index (χ4v) is 5.33. The summed E-state index contributed by atoms with van der Waals surface area (Å²) in [5, 5.41) is 20.0. The number of rotatable bonds is 8. The summed E-state index contributed by atoms with van der Waals surface area (Å²) in [7, 11) is 0. The van der Waals surface area contributed by atoms with Crippen molar-refractivity contribution in [3.63, 3.8) is 0 Å². The summed E-state index contributed by atoms with van der Waals surface area (Å²) in [5.74, 6) is -3.27. The maximum Gasteiger partial charge on any atom is 0.256 e. The van der Waals surface area contributed by atoms with E-state index in [9.17, 15) is 23.1 Å². The molecule has 0 bridgehead atoms. The molecule has 1 fully saturated rings. The highest BCUT2D eigenvalue weighted by Gasteiger charge is 2.44. The van der Waals surface area contributed by atoms with Crippen LogP contribution in [0, 0.1) is 21.0 Å². The van der Waals surface area contributed by atoms with Crippen LogP contribution in [0.4, 0.5) is 30.2 Å². The van der Waals surface area contributed by atoms with Gasteiger partial charge in [0.2, 0.25) is 0 Å². The third kappa shape index (κ3) is 5.41. The number of fused-ring (bicyclic) bond motifs is 1. The second-order valence-electron chi connectivity index (χ2n) is 9.55. The molecule has 6 nitrogen and oxygen atoms in total. The number of amides is 1. The molecule has 1 unspecified atom stereocenters. The molecule has 3 aromatic carbocycles. The van der Waals surface area contributed by atoms with Crippen molar-refractivity contribution in [3.8, 4) is 0 Å². The number of anilines is 3. The van der Waals surface area contributed by atoms with E-state index in [0.29, 0.717) is 22.6 Å². The molecular formula is C27H26F3IN4O2. The van der Waals surface area contributed by atoms with E-state index in [1.807, 2.05) is 34.7 Å². The van der Waals surface area contributed by atoms with Crippen molar-refractivity contribution >= 4 is 45.6 Å². The molecule has 1 atom stereocenters. The Morgan fingerprint density at radius 3 is 2.68 bits per heavy atom. The van der Waals surface area contributed by atoms with Gasteiger partial charge in [-0.05, 0) is 77.5 Å². The number of β-amino-alcohol motifs (C(OH)–C–C–N with tert-alkyl or cyclic N) is 1. The first-order valence-corrected chi connectivity index (χ1v) is 13.1. The zero-order chi connectivity index (χ0) is 26.2. The number of aliphatic hydroxyl groups is 1. The SMILES string of the molecule is O=C(c1ccc(F)c(F)c1Nc1ccc(I)cc1F)N1CC(O)(CNCCC2CNc3ccccc32)C1. The Bertz CT molecular complexity index is 1330.